The summed E-state index contributed by atoms with van der Waals surface area (Å²) >= 11 is 0. The fraction of sp³-hybridized carbons (Fsp3) is 0.333. The highest BCUT2D eigenvalue weighted by Gasteiger charge is 2.01. The van der Waals surface area contributed by atoms with E-state index in [1.807, 2.05) is 31.2 Å². The van der Waals surface area contributed by atoms with E-state index in [9.17, 15) is 10.1 Å². The highest BCUT2D eigenvalue weighted by molar-refractivity contribution is 5.26. The van der Waals surface area contributed by atoms with Crippen molar-refractivity contribution in [1.82, 2.24) is 0 Å². The smallest absolute Gasteiger partial charge is 0.294 e. The van der Waals surface area contributed by atoms with Gasteiger partial charge in [-0.2, -0.15) is 0 Å². The van der Waals surface area contributed by atoms with Gasteiger partial charge in [-0.25, -0.2) is 0 Å². The van der Waals surface area contributed by atoms with Crippen LogP contribution in [0.5, 0.6) is 0 Å². The van der Waals surface area contributed by atoms with Crippen LogP contribution in [0.2, 0.25) is 0 Å². The summed E-state index contributed by atoms with van der Waals surface area (Å²) in [5.41, 5.74) is 1.96. The summed E-state index contributed by atoms with van der Waals surface area (Å²) in [7, 11) is 0. The van der Waals surface area contributed by atoms with Gasteiger partial charge in [0.1, 0.15) is 6.61 Å². The van der Waals surface area contributed by atoms with Gasteiger partial charge in [0, 0.05) is 0 Å². The zero-order valence-electron chi connectivity index (χ0n) is 7.40. The lowest BCUT2D eigenvalue weighted by Gasteiger charge is -2.05. The van der Waals surface area contributed by atoms with Crippen molar-refractivity contribution in [3.05, 3.63) is 45.5 Å². The van der Waals surface area contributed by atoms with Crippen molar-refractivity contribution in [3.63, 3.8) is 0 Å². The van der Waals surface area contributed by atoms with E-state index < -0.39 is 5.09 Å². The summed E-state index contributed by atoms with van der Waals surface area (Å²) in [6.07, 6.45) is 0.858. The average Bonchev–Trinajstić information content (AvgIpc) is 2.15. The summed E-state index contributed by atoms with van der Waals surface area (Å²) < 4.78 is 0. The molecule has 0 aliphatic rings. The summed E-state index contributed by atoms with van der Waals surface area (Å²) in [6, 6.07) is 7.53. The lowest BCUT2D eigenvalue weighted by Crippen LogP contribution is -2.02. The molecule has 0 unspecified atom stereocenters. The largest absolute Gasteiger partial charge is 0.309 e. The molecule has 4 heteroatoms. The number of benzene rings is 1. The molecule has 0 aromatic heterocycles. The van der Waals surface area contributed by atoms with Gasteiger partial charge >= 0.3 is 0 Å². The zero-order valence-corrected chi connectivity index (χ0v) is 7.40. The average molecular weight is 181 g/mol. The van der Waals surface area contributed by atoms with Gasteiger partial charge in [0.15, 0.2) is 0 Å². The minimum Gasteiger partial charge on any atom is -0.309 e. The van der Waals surface area contributed by atoms with Crippen LogP contribution in [0.25, 0.3) is 0 Å². The first-order valence-electron chi connectivity index (χ1n) is 4.08. The van der Waals surface area contributed by atoms with Gasteiger partial charge in [-0.3, -0.25) is 0 Å². The molecule has 0 radical (unpaired) electrons. The monoisotopic (exact) mass is 181 g/mol. The molecule has 70 valence electrons. The Hall–Kier alpha value is -1.58. The molecular weight excluding hydrogens is 170 g/mol. The van der Waals surface area contributed by atoms with Crippen molar-refractivity contribution < 1.29 is 9.92 Å². The van der Waals surface area contributed by atoms with Gasteiger partial charge in [-0.1, -0.05) is 31.2 Å². The number of hydrogen-bond donors (Lipinski definition) is 0. The molecule has 0 amide bonds. The predicted octanol–water partition coefficient (Wildman–Crippen LogP) is 1.96. The molecule has 0 heterocycles. The first-order chi connectivity index (χ1) is 6.24. The first-order valence-corrected chi connectivity index (χ1v) is 4.08. The molecule has 0 atom stereocenters. The molecular formula is C9H11NO3. The summed E-state index contributed by atoms with van der Waals surface area (Å²) in [5.74, 6) is 0. The van der Waals surface area contributed by atoms with Gasteiger partial charge in [-0.05, 0) is 17.5 Å². The van der Waals surface area contributed by atoms with Crippen molar-refractivity contribution in [2.45, 2.75) is 20.0 Å². The Morgan fingerprint density at radius 2 is 2.00 bits per heavy atom. The molecule has 0 aliphatic carbocycles. The SMILES string of the molecule is CCc1ccccc1CO[N+](=O)[O-]. The van der Waals surface area contributed by atoms with Crippen LogP contribution in [0.15, 0.2) is 24.3 Å². The molecule has 1 rings (SSSR count). The number of nitrogens with zero attached hydrogens (tertiary/aromatic N) is 1. The second kappa shape index (κ2) is 4.45. The van der Waals surface area contributed by atoms with Crippen LogP contribution in [0.4, 0.5) is 0 Å². The Bertz CT molecular complexity index is 299. The number of rotatable bonds is 4. The molecule has 0 fully saturated rings. The molecule has 0 saturated carbocycles. The standard InChI is InChI=1S/C9H11NO3/c1-2-8-5-3-4-6-9(8)7-13-10(11)12/h3-6H,2,7H2,1H3. The molecule has 13 heavy (non-hydrogen) atoms. The Balaban J connectivity index is 2.69. The maximum absolute atomic E-state index is 9.96. The van der Waals surface area contributed by atoms with Crippen LogP contribution >= 0.6 is 0 Å². The van der Waals surface area contributed by atoms with E-state index in [1.165, 1.54) is 0 Å². The molecule has 0 aliphatic heterocycles. The van der Waals surface area contributed by atoms with Crippen LogP contribution in [0.3, 0.4) is 0 Å². The van der Waals surface area contributed by atoms with E-state index in [4.69, 9.17) is 0 Å². The van der Waals surface area contributed by atoms with E-state index >= 15 is 0 Å². The summed E-state index contributed by atoms with van der Waals surface area (Å²) in [5, 5.41) is 9.18. The Morgan fingerprint density at radius 1 is 1.38 bits per heavy atom. The Morgan fingerprint density at radius 3 is 2.54 bits per heavy atom. The van der Waals surface area contributed by atoms with E-state index in [1.54, 1.807) is 0 Å². The molecule has 4 nitrogen and oxygen atoms in total. The van der Waals surface area contributed by atoms with Crippen molar-refractivity contribution in [2.24, 2.45) is 0 Å². The fourth-order valence-corrected chi connectivity index (χ4v) is 1.17. The van der Waals surface area contributed by atoms with Crippen LogP contribution < -0.4 is 0 Å². The van der Waals surface area contributed by atoms with Gasteiger partial charge in [0.25, 0.3) is 5.09 Å². The second-order valence-electron chi connectivity index (χ2n) is 2.62. The van der Waals surface area contributed by atoms with Crippen molar-refractivity contribution >= 4 is 0 Å². The molecule has 1 aromatic carbocycles. The fourth-order valence-electron chi connectivity index (χ4n) is 1.17. The molecule has 0 saturated heterocycles. The Kier molecular flexibility index (Phi) is 3.25. The minimum absolute atomic E-state index is 0.0387. The van der Waals surface area contributed by atoms with Crippen molar-refractivity contribution in [1.29, 1.82) is 0 Å². The zero-order chi connectivity index (χ0) is 9.68. The molecule has 0 spiro atoms. The maximum Gasteiger partial charge on any atom is 0.294 e. The van der Waals surface area contributed by atoms with Crippen LogP contribution in [0.1, 0.15) is 18.1 Å². The third-order valence-electron chi connectivity index (χ3n) is 1.82. The highest BCUT2D eigenvalue weighted by atomic mass is 16.9. The third kappa shape index (κ3) is 2.74. The van der Waals surface area contributed by atoms with Gasteiger partial charge in [0.05, 0.1) is 0 Å². The number of hydrogen-bond acceptors (Lipinski definition) is 3. The van der Waals surface area contributed by atoms with Crippen LogP contribution in [0, 0.1) is 10.1 Å². The van der Waals surface area contributed by atoms with Crippen LogP contribution in [-0.2, 0) is 17.9 Å². The minimum atomic E-state index is -0.771. The van der Waals surface area contributed by atoms with E-state index in [0.29, 0.717) is 0 Å². The molecule has 0 N–H and O–H groups in total. The predicted molar refractivity (Wildman–Crippen MR) is 47.6 cm³/mol. The maximum atomic E-state index is 9.96. The second-order valence-corrected chi connectivity index (χ2v) is 2.62. The lowest BCUT2D eigenvalue weighted by molar-refractivity contribution is -0.763. The van der Waals surface area contributed by atoms with E-state index in [2.05, 4.69) is 4.84 Å². The summed E-state index contributed by atoms with van der Waals surface area (Å²) in [4.78, 5) is 14.2. The normalized spacial score (nSPS) is 9.62. The quantitative estimate of drug-likeness (QED) is 0.527. The third-order valence-corrected chi connectivity index (χ3v) is 1.82. The lowest BCUT2D eigenvalue weighted by atomic mass is 10.1. The molecule has 1 aromatic rings. The van der Waals surface area contributed by atoms with Gasteiger partial charge in [0.2, 0.25) is 0 Å². The van der Waals surface area contributed by atoms with Gasteiger partial charge in [-0.15, -0.1) is 10.1 Å². The number of aryl methyl sites for hydroxylation is 1. The van der Waals surface area contributed by atoms with E-state index in [-0.39, 0.29) is 6.61 Å². The van der Waals surface area contributed by atoms with Crippen molar-refractivity contribution in [2.75, 3.05) is 0 Å². The van der Waals surface area contributed by atoms with Crippen LogP contribution in [-0.4, -0.2) is 5.09 Å². The first kappa shape index (κ1) is 9.51. The van der Waals surface area contributed by atoms with Gasteiger partial charge < -0.3 is 4.84 Å². The highest BCUT2D eigenvalue weighted by Crippen LogP contribution is 2.10. The van der Waals surface area contributed by atoms with Crippen molar-refractivity contribution in [3.8, 4) is 0 Å². The molecule has 0 bridgehead atoms. The topological polar surface area (TPSA) is 52.4 Å². The summed E-state index contributed by atoms with van der Waals surface area (Å²) in [6.45, 7) is 2.04. The Labute approximate surface area is 76.2 Å². The van der Waals surface area contributed by atoms with E-state index in [0.717, 1.165) is 17.5 Å².